The minimum Gasteiger partial charge on any atom is -0.508 e. The molecule has 0 aromatic heterocycles. The molecule has 41 heavy (non-hydrogen) atoms. The molecule has 0 aliphatic heterocycles. The number of carboxylic acid groups (broad SMARTS) is 2. The number of thioether (sulfide) groups is 1. The largest absolute Gasteiger partial charge is 0.508 e. The van der Waals surface area contributed by atoms with E-state index in [9.17, 15) is 34.2 Å². The standard InChI is InChI=1S/C25H39N7O8S/c1-41-12-10-18(30-21(36)16(26)3-2-11-29-25(27)28)23(38)31-17(8-9-20(34)35)22(37)32-19(24(39)40)13-14-4-6-15(33)7-5-14/h4-7,16-19,33H,2-3,8-13,26H2,1H3,(H,30,36)(H,31,38)(H,32,37)(H,34,35)(H,39,40)(H4,27,28,29). The van der Waals surface area contributed by atoms with E-state index in [4.69, 9.17) is 22.3 Å². The summed E-state index contributed by atoms with van der Waals surface area (Å²) < 4.78 is 0. The second-order valence-corrected chi connectivity index (χ2v) is 10.1. The Morgan fingerprint density at radius 2 is 1.44 bits per heavy atom. The van der Waals surface area contributed by atoms with Gasteiger partial charge in [-0.05, 0) is 55.4 Å². The molecule has 0 bridgehead atoms. The molecule has 15 nitrogen and oxygen atoms in total. The fraction of sp³-hybridized carbons (Fsp3) is 0.520. The van der Waals surface area contributed by atoms with E-state index in [2.05, 4.69) is 20.9 Å². The molecule has 4 unspecified atom stereocenters. The van der Waals surface area contributed by atoms with Crippen LogP contribution in [0.2, 0.25) is 0 Å². The number of nitrogens with two attached hydrogens (primary N) is 3. The molecular weight excluding hydrogens is 558 g/mol. The number of hydrogen-bond acceptors (Lipinski definition) is 9. The fourth-order valence-corrected chi connectivity index (χ4v) is 4.05. The third-order valence-corrected chi connectivity index (χ3v) is 6.46. The van der Waals surface area contributed by atoms with Crippen LogP contribution in [0.5, 0.6) is 5.75 Å². The molecule has 0 aliphatic rings. The van der Waals surface area contributed by atoms with E-state index in [0.29, 0.717) is 17.7 Å². The number of aliphatic imine (C=N–C) groups is 1. The first-order valence-electron chi connectivity index (χ1n) is 12.8. The molecule has 0 aliphatic carbocycles. The van der Waals surface area contributed by atoms with E-state index in [-0.39, 0.29) is 43.9 Å². The molecule has 0 fully saturated rings. The van der Waals surface area contributed by atoms with Gasteiger partial charge in [-0.15, -0.1) is 0 Å². The number of benzene rings is 1. The summed E-state index contributed by atoms with van der Waals surface area (Å²) in [5.74, 6) is -4.49. The molecule has 0 saturated heterocycles. The molecule has 12 N–H and O–H groups in total. The summed E-state index contributed by atoms with van der Waals surface area (Å²) in [6, 6.07) is 0.859. The molecule has 1 aromatic carbocycles. The molecule has 0 spiro atoms. The first-order valence-corrected chi connectivity index (χ1v) is 14.2. The van der Waals surface area contributed by atoms with Crippen LogP contribution in [0.15, 0.2) is 29.3 Å². The van der Waals surface area contributed by atoms with Crippen LogP contribution in [0.1, 0.15) is 37.7 Å². The number of nitrogens with zero attached hydrogens (tertiary/aromatic N) is 1. The van der Waals surface area contributed by atoms with Gasteiger partial charge in [0.15, 0.2) is 5.96 Å². The number of carbonyl (C=O) groups is 5. The van der Waals surface area contributed by atoms with Crippen molar-refractivity contribution in [1.29, 1.82) is 0 Å². The molecular formula is C25H39N7O8S. The topological polar surface area (TPSA) is 273 Å². The van der Waals surface area contributed by atoms with Crippen LogP contribution < -0.4 is 33.2 Å². The predicted molar refractivity (Wildman–Crippen MR) is 153 cm³/mol. The number of aromatic hydroxyl groups is 1. The van der Waals surface area contributed by atoms with Gasteiger partial charge in [0.25, 0.3) is 0 Å². The van der Waals surface area contributed by atoms with Gasteiger partial charge in [-0.25, -0.2) is 4.79 Å². The number of rotatable bonds is 19. The highest BCUT2D eigenvalue weighted by Gasteiger charge is 2.30. The molecule has 0 heterocycles. The summed E-state index contributed by atoms with van der Waals surface area (Å²) in [5, 5.41) is 35.6. The van der Waals surface area contributed by atoms with Gasteiger partial charge in [-0.1, -0.05) is 12.1 Å². The van der Waals surface area contributed by atoms with E-state index in [1.54, 1.807) is 6.26 Å². The van der Waals surface area contributed by atoms with Crippen molar-refractivity contribution in [2.75, 3.05) is 18.6 Å². The van der Waals surface area contributed by atoms with Gasteiger partial charge in [0.2, 0.25) is 17.7 Å². The van der Waals surface area contributed by atoms with Crippen molar-refractivity contribution in [3.8, 4) is 5.75 Å². The van der Waals surface area contributed by atoms with Gasteiger partial charge in [0.05, 0.1) is 6.04 Å². The Hall–Kier alpha value is -4.05. The number of phenols is 1. The maximum atomic E-state index is 13.2. The van der Waals surface area contributed by atoms with Gasteiger partial charge in [-0.2, -0.15) is 11.8 Å². The van der Waals surface area contributed by atoms with Crippen molar-refractivity contribution in [1.82, 2.24) is 16.0 Å². The fourth-order valence-electron chi connectivity index (χ4n) is 3.58. The van der Waals surface area contributed by atoms with Gasteiger partial charge in [0.1, 0.15) is 23.9 Å². The van der Waals surface area contributed by atoms with Gasteiger partial charge >= 0.3 is 11.9 Å². The van der Waals surface area contributed by atoms with E-state index in [1.165, 1.54) is 36.0 Å². The van der Waals surface area contributed by atoms with Gasteiger partial charge < -0.3 is 48.5 Å². The number of guanidine groups is 1. The van der Waals surface area contributed by atoms with Crippen LogP contribution in [0.4, 0.5) is 0 Å². The summed E-state index contributed by atoms with van der Waals surface area (Å²) in [4.78, 5) is 65.7. The average molecular weight is 598 g/mol. The SMILES string of the molecule is CSCCC(NC(=O)C(N)CCCN=C(N)N)C(=O)NC(CCC(=O)O)C(=O)NC(Cc1ccc(O)cc1)C(=O)O. The van der Waals surface area contributed by atoms with Crippen molar-refractivity contribution in [2.24, 2.45) is 22.2 Å². The Balaban J connectivity index is 2.98. The molecule has 3 amide bonds. The van der Waals surface area contributed by atoms with Crippen molar-refractivity contribution in [2.45, 2.75) is 62.7 Å². The molecule has 0 radical (unpaired) electrons. The minimum absolute atomic E-state index is 0.0175. The Kier molecular flexibility index (Phi) is 15.6. The van der Waals surface area contributed by atoms with E-state index in [1.807, 2.05) is 0 Å². The molecule has 0 saturated carbocycles. The van der Waals surface area contributed by atoms with Crippen molar-refractivity contribution >= 4 is 47.4 Å². The maximum absolute atomic E-state index is 13.2. The average Bonchev–Trinajstić information content (AvgIpc) is 2.91. The lowest BCUT2D eigenvalue weighted by Crippen LogP contribution is -2.57. The highest BCUT2D eigenvalue weighted by molar-refractivity contribution is 7.98. The van der Waals surface area contributed by atoms with Crippen LogP contribution >= 0.6 is 11.8 Å². The van der Waals surface area contributed by atoms with Crippen LogP contribution in [-0.2, 0) is 30.4 Å². The first-order chi connectivity index (χ1) is 19.3. The summed E-state index contributed by atoms with van der Waals surface area (Å²) in [6.45, 7) is 0.268. The Bertz CT molecular complexity index is 1070. The predicted octanol–water partition coefficient (Wildman–Crippen LogP) is -1.53. The zero-order valence-corrected chi connectivity index (χ0v) is 23.6. The third kappa shape index (κ3) is 14.2. The number of hydrogen-bond donors (Lipinski definition) is 9. The maximum Gasteiger partial charge on any atom is 0.326 e. The third-order valence-electron chi connectivity index (χ3n) is 5.82. The summed E-state index contributed by atoms with van der Waals surface area (Å²) in [7, 11) is 0. The van der Waals surface area contributed by atoms with Crippen molar-refractivity contribution < 1.29 is 39.3 Å². The van der Waals surface area contributed by atoms with Crippen molar-refractivity contribution in [3.63, 3.8) is 0 Å². The van der Waals surface area contributed by atoms with Gasteiger partial charge in [0, 0.05) is 19.4 Å². The highest BCUT2D eigenvalue weighted by atomic mass is 32.2. The van der Waals surface area contributed by atoms with Crippen LogP contribution in [0.25, 0.3) is 0 Å². The van der Waals surface area contributed by atoms with Crippen molar-refractivity contribution in [3.05, 3.63) is 29.8 Å². The van der Waals surface area contributed by atoms with Gasteiger partial charge in [-0.3, -0.25) is 24.2 Å². The molecule has 16 heteroatoms. The zero-order chi connectivity index (χ0) is 30.9. The lowest BCUT2D eigenvalue weighted by Gasteiger charge is -2.25. The van der Waals surface area contributed by atoms with E-state index in [0.717, 1.165) is 0 Å². The second-order valence-electron chi connectivity index (χ2n) is 9.16. The first kappa shape index (κ1) is 35.0. The summed E-state index contributed by atoms with van der Waals surface area (Å²) >= 11 is 1.42. The monoisotopic (exact) mass is 597 g/mol. The molecule has 4 atom stereocenters. The number of carboxylic acids is 2. The number of phenolic OH excluding ortho intramolecular Hbond substituents is 1. The Morgan fingerprint density at radius 3 is 1.98 bits per heavy atom. The normalized spacial score (nSPS) is 13.6. The number of nitrogens with one attached hydrogen (secondary N) is 3. The number of carbonyl (C=O) groups excluding carboxylic acids is 3. The Morgan fingerprint density at radius 1 is 0.878 bits per heavy atom. The number of amides is 3. The number of aliphatic carboxylic acids is 2. The minimum atomic E-state index is -1.40. The van der Waals surface area contributed by atoms with Crippen LogP contribution in [0.3, 0.4) is 0 Å². The summed E-state index contributed by atoms with van der Waals surface area (Å²) in [6.07, 6.45) is 1.69. The van der Waals surface area contributed by atoms with E-state index < -0.39 is 60.2 Å². The second kappa shape index (κ2) is 18.3. The lowest BCUT2D eigenvalue weighted by atomic mass is 10.0. The molecule has 1 rings (SSSR count). The lowest BCUT2D eigenvalue weighted by molar-refractivity contribution is -0.143. The smallest absolute Gasteiger partial charge is 0.326 e. The Labute approximate surface area is 241 Å². The zero-order valence-electron chi connectivity index (χ0n) is 22.7. The molecule has 1 aromatic rings. The van der Waals surface area contributed by atoms with Crippen LogP contribution in [-0.4, -0.2) is 93.7 Å². The van der Waals surface area contributed by atoms with E-state index >= 15 is 0 Å². The summed E-state index contributed by atoms with van der Waals surface area (Å²) in [5.41, 5.74) is 17.0. The van der Waals surface area contributed by atoms with Crippen LogP contribution in [0, 0.1) is 0 Å². The highest BCUT2D eigenvalue weighted by Crippen LogP contribution is 2.12. The quantitative estimate of drug-likeness (QED) is 0.0499. The molecule has 228 valence electrons.